The molecule has 0 spiro atoms. The molecule has 2 aliphatic rings. The molecule has 1 amide bonds. The minimum Gasteiger partial charge on any atom is -0.444 e. The smallest absolute Gasteiger partial charge is 0.410 e. The summed E-state index contributed by atoms with van der Waals surface area (Å²) in [4.78, 5) is 15.8. The van der Waals surface area contributed by atoms with Crippen molar-refractivity contribution in [3.05, 3.63) is 0 Å². The van der Waals surface area contributed by atoms with E-state index in [1.54, 1.807) is 4.90 Å². The molecule has 0 aromatic carbocycles. The number of nitriles is 1. The van der Waals surface area contributed by atoms with E-state index in [2.05, 4.69) is 11.0 Å². The average molecular weight is 281 g/mol. The first-order chi connectivity index (χ1) is 9.36. The molecule has 0 radical (unpaired) electrons. The Balaban J connectivity index is 1.89. The molecule has 0 N–H and O–H groups in total. The van der Waals surface area contributed by atoms with Gasteiger partial charge in [0.05, 0.1) is 12.7 Å². The maximum atomic E-state index is 12.0. The van der Waals surface area contributed by atoms with Crippen molar-refractivity contribution < 1.29 is 14.3 Å². The molecular formula is C14H23N3O3. The molecule has 6 heteroatoms. The Morgan fingerprint density at radius 3 is 2.40 bits per heavy atom. The third-order valence-electron chi connectivity index (χ3n) is 3.75. The minimum atomic E-state index is -0.500. The van der Waals surface area contributed by atoms with E-state index in [1.807, 2.05) is 20.8 Å². The zero-order chi connectivity index (χ0) is 14.8. The number of carbonyl (C=O) groups is 1. The molecule has 0 bridgehead atoms. The molecule has 2 rings (SSSR count). The van der Waals surface area contributed by atoms with Crippen LogP contribution in [0.4, 0.5) is 4.79 Å². The van der Waals surface area contributed by atoms with Gasteiger partial charge in [0.2, 0.25) is 0 Å². The van der Waals surface area contributed by atoms with Crippen molar-refractivity contribution in [1.29, 1.82) is 5.26 Å². The lowest BCUT2D eigenvalue weighted by atomic mass is 9.97. The van der Waals surface area contributed by atoms with Crippen LogP contribution in [0.15, 0.2) is 0 Å². The zero-order valence-electron chi connectivity index (χ0n) is 12.5. The van der Waals surface area contributed by atoms with Crippen molar-refractivity contribution >= 4 is 6.09 Å². The van der Waals surface area contributed by atoms with Crippen LogP contribution >= 0.6 is 0 Å². The molecule has 2 aliphatic heterocycles. The van der Waals surface area contributed by atoms with Crippen LogP contribution in [0.1, 0.15) is 27.2 Å². The first-order valence-corrected chi connectivity index (χ1v) is 7.08. The number of hydrogen-bond acceptors (Lipinski definition) is 5. The number of carbonyl (C=O) groups excluding carboxylic acids is 1. The van der Waals surface area contributed by atoms with Crippen molar-refractivity contribution in [2.45, 2.75) is 38.3 Å². The molecule has 112 valence electrons. The quantitative estimate of drug-likeness (QED) is 0.723. The number of hydrogen-bond donors (Lipinski definition) is 0. The van der Waals surface area contributed by atoms with Gasteiger partial charge in [0, 0.05) is 39.2 Å². The van der Waals surface area contributed by atoms with Gasteiger partial charge in [0.1, 0.15) is 11.1 Å². The summed E-state index contributed by atoms with van der Waals surface area (Å²) in [6.07, 6.45) is 0.474. The number of nitrogens with zero attached hydrogens (tertiary/aromatic N) is 3. The zero-order valence-corrected chi connectivity index (χ0v) is 12.5. The van der Waals surface area contributed by atoms with Crippen LogP contribution in [0, 0.1) is 11.3 Å². The van der Waals surface area contributed by atoms with Gasteiger partial charge < -0.3 is 14.4 Å². The lowest BCUT2D eigenvalue weighted by Gasteiger charge is -2.41. The molecular weight excluding hydrogens is 258 g/mol. The van der Waals surface area contributed by atoms with Gasteiger partial charge in [-0.1, -0.05) is 0 Å². The molecule has 0 aromatic heterocycles. The van der Waals surface area contributed by atoms with E-state index in [-0.39, 0.29) is 6.09 Å². The summed E-state index contributed by atoms with van der Waals surface area (Å²) in [6.45, 7) is 9.27. The van der Waals surface area contributed by atoms with Crippen LogP contribution < -0.4 is 0 Å². The Labute approximate surface area is 120 Å². The lowest BCUT2D eigenvalue weighted by molar-refractivity contribution is 0.00336. The Morgan fingerprint density at radius 1 is 1.30 bits per heavy atom. The standard InChI is InChI=1S/C14H23N3O3/c1-13(2,3)20-12(18)16-5-7-17(8-6-16)14(10-15)4-9-19-11-14/h4-9,11H2,1-3H3/t14-/m1/s1. The third-order valence-corrected chi connectivity index (χ3v) is 3.75. The van der Waals surface area contributed by atoms with Crippen LogP contribution in [0.5, 0.6) is 0 Å². The third kappa shape index (κ3) is 3.22. The van der Waals surface area contributed by atoms with Crippen LogP contribution in [-0.2, 0) is 9.47 Å². The van der Waals surface area contributed by atoms with Crippen molar-refractivity contribution in [3.63, 3.8) is 0 Å². The van der Waals surface area contributed by atoms with Crippen molar-refractivity contribution in [3.8, 4) is 6.07 Å². The average Bonchev–Trinajstić information content (AvgIpc) is 2.87. The van der Waals surface area contributed by atoms with Gasteiger partial charge in [-0.15, -0.1) is 0 Å². The maximum Gasteiger partial charge on any atom is 0.410 e. The van der Waals surface area contributed by atoms with Crippen molar-refractivity contribution in [1.82, 2.24) is 9.80 Å². The van der Waals surface area contributed by atoms with Crippen LogP contribution in [0.2, 0.25) is 0 Å². The second-order valence-electron chi connectivity index (χ2n) is 6.40. The van der Waals surface area contributed by atoms with E-state index in [0.29, 0.717) is 39.4 Å². The highest BCUT2D eigenvalue weighted by atomic mass is 16.6. The molecule has 2 fully saturated rings. The number of piperazine rings is 1. The van der Waals surface area contributed by atoms with Gasteiger partial charge in [-0.05, 0) is 20.8 Å². The monoisotopic (exact) mass is 281 g/mol. The first kappa shape index (κ1) is 15.1. The number of ether oxygens (including phenoxy) is 2. The van der Waals surface area contributed by atoms with Gasteiger partial charge in [-0.3, -0.25) is 4.90 Å². The van der Waals surface area contributed by atoms with E-state index >= 15 is 0 Å². The van der Waals surface area contributed by atoms with E-state index in [9.17, 15) is 10.1 Å². The highest BCUT2D eigenvalue weighted by Crippen LogP contribution is 2.27. The Hall–Kier alpha value is -1.32. The Morgan fingerprint density at radius 2 is 1.95 bits per heavy atom. The van der Waals surface area contributed by atoms with E-state index in [4.69, 9.17) is 9.47 Å². The largest absolute Gasteiger partial charge is 0.444 e. The highest BCUT2D eigenvalue weighted by Gasteiger charge is 2.42. The van der Waals surface area contributed by atoms with E-state index in [1.165, 1.54) is 0 Å². The molecule has 1 atom stereocenters. The number of rotatable bonds is 1. The van der Waals surface area contributed by atoms with Gasteiger partial charge in [0.15, 0.2) is 0 Å². The maximum absolute atomic E-state index is 12.0. The summed E-state index contributed by atoms with van der Waals surface area (Å²) >= 11 is 0. The summed E-state index contributed by atoms with van der Waals surface area (Å²) in [7, 11) is 0. The molecule has 0 aliphatic carbocycles. The molecule has 20 heavy (non-hydrogen) atoms. The molecule has 0 unspecified atom stereocenters. The van der Waals surface area contributed by atoms with Crippen LogP contribution in [0.3, 0.4) is 0 Å². The molecule has 0 aromatic rings. The van der Waals surface area contributed by atoms with Crippen molar-refractivity contribution in [2.75, 3.05) is 39.4 Å². The van der Waals surface area contributed by atoms with Crippen LogP contribution in [0.25, 0.3) is 0 Å². The Kier molecular flexibility index (Phi) is 4.21. The van der Waals surface area contributed by atoms with Gasteiger partial charge in [-0.25, -0.2) is 4.79 Å². The molecule has 2 saturated heterocycles. The fourth-order valence-corrected chi connectivity index (χ4v) is 2.61. The van der Waals surface area contributed by atoms with Gasteiger partial charge in [-0.2, -0.15) is 5.26 Å². The van der Waals surface area contributed by atoms with E-state index in [0.717, 1.165) is 6.42 Å². The predicted molar refractivity (Wildman–Crippen MR) is 73.2 cm³/mol. The molecule has 2 heterocycles. The second-order valence-corrected chi connectivity index (χ2v) is 6.40. The number of amides is 1. The lowest BCUT2D eigenvalue weighted by Crippen LogP contribution is -2.58. The summed E-state index contributed by atoms with van der Waals surface area (Å²) < 4.78 is 10.7. The fourth-order valence-electron chi connectivity index (χ4n) is 2.61. The van der Waals surface area contributed by atoms with E-state index < -0.39 is 11.1 Å². The predicted octanol–water partition coefficient (Wildman–Crippen LogP) is 1.22. The minimum absolute atomic E-state index is 0.272. The second kappa shape index (κ2) is 5.58. The summed E-state index contributed by atoms with van der Waals surface area (Å²) in [5.74, 6) is 0. The van der Waals surface area contributed by atoms with Gasteiger partial charge >= 0.3 is 6.09 Å². The summed E-state index contributed by atoms with van der Waals surface area (Å²) in [5, 5.41) is 9.42. The topological polar surface area (TPSA) is 65.8 Å². The molecule has 6 nitrogen and oxygen atoms in total. The molecule has 0 saturated carbocycles. The summed E-state index contributed by atoms with van der Waals surface area (Å²) in [6, 6.07) is 2.40. The van der Waals surface area contributed by atoms with Crippen LogP contribution in [-0.4, -0.2) is 66.4 Å². The Bertz CT molecular complexity index is 397. The normalized spacial score (nSPS) is 28.2. The highest BCUT2D eigenvalue weighted by molar-refractivity contribution is 5.68. The SMILES string of the molecule is CC(C)(C)OC(=O)N1CCN([C@@]2(C#N)CCOC2)CC1. The van der Waals surface area contributed by atoms with Gasteiger partial charge in [0.25, 0.3) is 0 Å². The van der Waals surface area contributed by atoms with Crippen molar-refractivity contribution in [2.24, 2.45) is 0 Å². The summed E-state index contributed by atoms with van der Waals surface area (Å²) in [5.41, 5.74) is -0.971. The fraction of sp³-hybridized carbons (Fsp3) is 0.857. The first-order valence-electron chi connectivity index (χ1n) is 7.08.